The van der Waals surface area contributed by atoms with Gasteiger partial charge in [0, 0.05) is 0 Å². The Kier molecular flexibility index (Phi) is 3.29. The first-order valence-corrected chi connectivity index (χ1v) is 7.06. The first-order valence-electron chi connectivity index (χ1n) is 7.06. The van der Waals surface area contributed by atoms with E-state index in [9.17, 15) is 0 Å². The number of hydrogen-bond acceptors (Lipinski definition) is 2. The summed E-state index contributed by atoms with van der Waals surface area (Å²) in [4.78, 5) is 0. The Hall–Kier alpha value is -1.38. The minimum atomic E-state index is -0.0314. The van der Waals surface area contributed by atoms with Crippen molar-refractivity contribution in [2.24, 2.45) is 5.73 Å². The quantitative estimate of drug-likeness (QED) is 0.887. The van der Waals surface area contributed by atoms with Crippen LogP contribution >= 0.6 is 0 Å². The standard InChI is InChI=1S/C17H21NO/c1-11-7-9-13-5-3-4-6-14(13)16(11)17(18)15-10-8-12(2)19-15/h3-7,9,12,15,17H,8,10,18H2,1-2H3. The van der Waals surface area contributed by atoms with Crippen LogP contribution in [0.2, 0.25) is 0 Å². The molecule has 0 bridgehead atoms. The van der Waals surface area contributed by atoms with Gasteiger partial charge in [-0.25, -0.2) is 0 Å². The molecule has 0 spiro atoms. The van der Waals surface area contributed by atoms with Crippen LogP contribution in [0, 0.1) is 6.92 Å². The van der Waals surface area contributed by atoms with Crippen molar-refractivity contribution >= 4 is 10.8 Å². The molecule has 2 aromatic carbocycles. The number of fused-ring (bicyclic) bond motifs is 1. The second-order valence-corrected chi connectivity index (χ2v) is 5.61. The summed E-state index contributed by atoms with van der Waals surface area (Å²) in [6, 6.07) is 12.8. The fourth-order valence-electron chi connectivity index (χ4n) is 3.13. The topological polar surface area (TPSA) is 35.2 Å². The van der Waals surface area contributed by atoms with Crippen LogP contribution in [-0.4, -0.2) is 12.2 Å². The summed E-state index contributed by atoms with van der Waals surface area (Å²) in [6.07, 6.45) is 2.67. The highest BCUT2D eigenvalue weighted by molar-refractivity contribution is 5.87. The molecule has 19 heavy (non-hydrogen) atoms. The van der Waals surface area contributed by atoms with Gasteiger partial charge in [0.15, 0.2) is 0 Å². The molecule has 1 heterocycles. The van der Waals surface area contributed by atoms with E-state index in [2.05, 4.69) is 50.2 Å². The summed E-state index contributed by atoms with van der Waals surface area (Å²) in [7, 11) is 0. The highest BCUT2D eigenvalue weighted by atomic mass is 16.5. The zero-order chi connectivity index (χ0) is 13.4. The first kappa shape index (κ1) is 12.6. The van der Waals surface area contributed by atoms with Crippen molar-refractivity contribution in [3.63, 3.8) is 0 Å². The molecule has 1 saturated heterocycles. The molecule has 2 heteroatoms. The fourth-order valence-corrected chi connectivity index (χ4v) is 3.13. The average molecular weight is 255 g/mol. The molecule has 2 aromatic rings. The van der Waals surface area contributed by atoms with Gasteiger partial charge in [-0.05, 0) is 48.6 Å². The van der Waals surface area contributed by atoms with E-state index < -0.39 is 0 Å². The van der Waals surface area contributed by atoms with E-state index in [4.69, 9.17) is 10.5 Å². The second kappa shape index (κ2) is 4.95. The molecule has 0 aromatic heterocycles. The lowest BCUT2D eigenvalue weighted by atomic mass is 9.91. The van der Waals surface area contributed by atoms with Gasteiger partial charge in [-0.15, -0.1) is 0 Å². The Balaban J connectivity index is 2.06. The summed E-state index contributed by atoms with van der Waals surface area (Å²) >= 11 is 0. The summed E-state index contributed by atoms with van der Waals surface area (Å²) in [5, 5.41) is 2.52. The van der Waals surface area contributed by atoms with E-state index in [0.29, 0.717) is 6.10 Å². The van der Waals surface area contributed by atoms with Gasteiger partial charge in [0.25, 0.3) is 0 Å². The molecular formula is C17H21NO. The van der Waals surface area contributed by atoms with Gasteiger partial charge in [0.1, 0.15) is 0 Å². The van der Waals surface area contributed by atoms with Gasteiger partial charge in [0.05, 0.1) is 18.2 Å². The van der Waals surface area contributed by atoms with Crippen LogP contribution in [-0.2, 0) is 4.74 Å². The van der Waals surface area contributed by atoms with Crippen LogP contribution in [0.25, 0.3) is 10.8 Å². The van der Waals surface area contributed by atoms with Gasteiger partial charge >= 0.3 is 0 Å². The maximum atomic E-state index is 6.50. The molecule has 3 atom stereocenters. The fraction of sp³-hybridized carbons (Fsp3) is 0.412. The predicted octanol–water partition coefficient (Wildman–Crippen LogP) is 3.72. The van der Waals surface area contributed by atoms with Crippen LogP contribution in [0.4, 0.5) is 0 Å². The third-order valence-electron chi connectivity index (χ3n) is 4.19. The zero-order valence-electron chi connectivity index (χ0n) is 11.6. The van der Waals surface area contributed by atoms with Gasteiger partial charge in [-0.3, -0.25) is 0 Å². The third kappa shape index (κ3) is 2.26. The van der Waals surface area contributed by atoms with Crippen molar-refractivity contribution in [3.8, 4) is 0 Å². The summed E-state index contributed by atoms with van der Waals surface area (Å²) in [5.41, 5.74) is 9.01. The zero-order valence-corrected chi connectivity index (χ0v) is 11.6. The highest BCUT2D eigenvalue weighted by Crippen LogP contribution is 2.34. The number of hydrogen-bond donors (Lipinski definition) is 1. The normalized spacial score (nSPS) is 24.8. The largest absolute Gasteiger partial charge is 0.373 e. The second-order valence-electron chi connectivity index (χ2n) is 5.61. The Morgan fingerprint density at radius 1 is 1.16 bits per heavy atom. The van der Waals surface area contributed by atoms with Crippen molar-refractivity contribution < 1.29 is 4.74 Å². The molecule has 0 saturated carbocycles. The first-order chi connectivity index (χ1) is 9.16. The number of benzene rings is 2. The Morgan fingerprint density at radius 2 is 1.95 bits per heavy atom. The maximum absolute atomic E-state index is 6.50. The third-order valence-corrected chi connectivity index (χ3v) is 4.19. The molecule has 2 N–H and O–H groups in total. The van der Waals surface area contributed by atoms with Gasteiger partial charge < -0.3 is 10.5 Å². The highest BCUT2D eigenvalue weighted by Gasteiger charge is 2.29. The Morgan fingerprint density at radius 3 is 2.68 bits per heavy atom. The van der Waals surface area contributed by atoms with Crippen LogP contribution in [0.15, 0.2) is 36.4 Å². The van der Waals surface area contributed by atoms with Gasteiger partial charge in [-0.2, -0.15) is 0 Å². The van der Waals surface area contributed by atoms with Crippen LogP contribution in [0.3, 0.4) is 0 Å². The van der Waals surface area contributed by atoms with Crippen molar-refractivity contribution in [2.45, 2.75) is 44.9 Å². The molecule has 0 amide bonds. The Bertz CT molecular complexity index is 593. The molecule has 3 unspecified atom stereocenters. The minimum Gasteiger partial charge on any atom is -0.373 e. The number of nitrogens with two attached hydrogens (primary N) is 1. The van der Waals surface area contributed by atoms with E-state index in [1.54, 1.807) is 0 Å². The van der Waals surface area contributed by atoms with Crippen LogP contribution in [0.1, 0.15) is 36.9 Å². The molecule has 100 valence electrons. The summed E-state index contributed by atoms with van der Waals surface area (Å²) in [6.45, 7) is 4.27. The van der Waals surface area contributed by atoms with Gasteiger partial charge in [-0.1, -0.05) is 36.4 Å². The molecule has 1 aliphatic heterocycles. The predicted molar refractivity (Wildman–Crippen MR) is 79.2 cm³/mol. The SMILES string of the molecule is Cc1ccc2ccccc2c1C(N)C1CCC(C)O1. The summed E-state index contributed by atoms with van der Waals surface area (Å²) in [5.74, 6) is 0. The van der Waals surface area contributed by atoms with Gasteiger partial charge in [0.2, 0.25) is 0 Å². The lowest BCUT2D eigenvalue weighted by molar-refractivity contribution is 0.0403. The van der Waals surface area contributed by atoms with Crippen molar-refractivity contribution in [2.75, 3.05) is 0 Å². The number of rotatable bonds is 2. The molecule has 0 radical (unpaired) electrons. The van der Waals surface area contributed by atoms with Crippen LogP contribution in [0.5, 0.6) is 0 Å². The van der Waals surface area contributed by atoms with Crippen molar-refractivity contribution in [1.82, 2.24) is 0 Å². The van der Waals surface area contributed by atoms with E-state index in [1.807, 2.05) is 0 Å². The molecular weight excluding hydrogens is 234 g/mol. The molecule has 3 rings (SSSR count). The monoisotopic (exact) mass is 255 g/mol. The maximum Gasteiger partial charge on any atom is 0.0772 e. The molecule has 0 aliphatic carbocycles. The molecule has 1 aliphatic rings. The lowest BCUT2D eigenvalue weighted by Crippen LogP contribution is -2.27. The van der Waals surface area contributed by atoms with E-state index >= 15 is 0 Å². The number of ether oxygens (including phenoxy) is 1. The molecule has 1 fully saturated rings. The molecule has 2 nitrogen and oxygen atoms in total. The summed E-state index contributed by atoms with van der Waals surface area (Å²) < 4.78 is 5.96. The van der Waals surface area contributed by atoms with Crippen LogP contribution < -0.4 is 5.73 Å². The number of aryl methyl sites for hydroxylation is 1. The average Bonchev–Trinajstić information content (AvgIpc) is 2.85. The lowest BCUT2D eigenvalue weighted by Gasteiger charge is -2.23. The smallest absolute Gasteiger partial charge is 0.0772 e. The van der Waals surface area contributed by atoms with Crippen molar-refractivity contribution in [3.05, 3.63) is 47.5 Å². The van der Waals surface area contributed by atoms with E-state index in [-0.39, 0.29) is 12.1 Å². The van der Waals surface area contributed by atoms with E-state index in [0.717, 1.165) is 12.8 Å². The van der Waals surface area contributed by atoms with Crippen molar-refractivity contribution in [1.29, 1.82) is 0 Å². The minimum absolute atomic E-state index is 0.0314. The Labute approximate surface area is 114 Å². The van der Waals surface area contributed by atoms with E-state index in [1.165, 1.54) is 21.9 Å².